The summed E-state index contributed by atoms with van der Waals surface area (Å²) in [5, 5.41) is 2.65. The fourth-order valence-corrected chi connectivity index (χ4v) is 3.98. The van der Waals surface area contributed by atoms with Crippen LogP contribution in [0, 0.1) is 0 Å². The average molecular weight is 404 g/mol. The number of esters is 1. The van der Waals surface area contributed by atoms with Crippen LogP contribution < -0.4 is 5.32 Å². The van der Waals surface area contributed by atoms with E-state index in [0.29, 0.717) is 18.8 Å². The summed E-state index contributed by atoms with van der Waals surface area (Å²) < 4.78 is 31.5. The molecular formula is C20H24N2O5S. The predicted octanol–water partition coefficient (Wildman–Crippen LogP) is 2.90. The lowest BCUT2D eigenvalue weighted by atomic mass is 10.2. The van der Waals surface area contributed by atoms with E-state index < -0.39 is 28.0 Å². The number of hydrogen-bond donors (Lipinski definition) is 1. The number of hydrogen-bond acceptors (Lipinski definition) is 5. The molecule has 2 aromatic carbocycles. The third-order valence-electron chi connectivity index (χ3n) is 4.13. The number of carbonyl (C=O) groups excluding carboxylic acids is 2. The fraction of sp³-hybridized carbons (Fsp3) is 0.300. The van der Waals surface area contributed by atoms with Crippen LogP contribution in [0.25, 0.3) is 0 Å². The van der Waals surface area contributed by atoms with Crippen molar-refractivity contribution in [3.63, 3.8) is 0 Å². The zero-order valence-electron chi connectivity index (χ0n) is 16.1. The number of sulfonamides is 1. The van der Waals surface area contributed by atoms with Gasteiger partial charge in [0.15, 0.2) is 6.10 Å². The van der Waals surface area contributed by atoms with Gasteiger partial charge in [0.05, 0.1) is 10.5 Å². The molecular weight excluding hydrogens is 380 g/mol. The highest BCUT2D eigenvalue weighted by molar-refractivity contribution is 7.89. The van der Waals surface area contributed by atoms with Gasteiger partial charge < -0.3 is 10.1 Å². The third kappa shape index (κ3) is 5.17. The molecule has 0 saturated carbocycles. The van der Waals surface area contributed by atoms with Gasteiger partial charge in [-0.15, -0.1) is 0 Å². The molecule has 0 heterocycles. The first-order valence-electron chi connectivity index (χ1n) is 8.96. The first-order chi connectivity index (χ1) is 13.3. The highest BCUT2D eigenvalue weighted by atomic mass is 32.2. The van der Waals surface area contributed by atoms with E-state index in [1.165, 1.54) is 35.5 Å². The van der Waals surface area contributed by atoms with Crippen LogP contribution in [0.15, 0.2) is 59.5 Å². The molecule has 1 amide bonds. The smallest absolute Gasteiger partial charge is 0.338 e. The maximum absolute atomic E-state index is 12.5. The van der Waals surface area contributed by atoms with Gasteiger partial charge in [-0.05, 0) is 43.3 Å². The van der Waals surface area contributed by atoms with Crippen LogP contribution in [0.2, 0.25) is 0 Å². The van der Waals surface area contributed by atoms with Crippen molar-refractivity contribution in [3.8, 4) is 0 Å². The minimum atomic E-state index is -3.60. The van der Waals surface area contributed by atoms with E-state index in [9.17, 15) is 18.0 Å². The van der Waals surface area contributed by atoms with Crippen molar-refractivity contribution < 1.29 is 22.7 Å². The minimum absolute atomic E-state index is 0.0996. The minimum Gasteiger partial charge on any atom is -0.449 e. The number of rotatable bonds is 8. The third-order valence-corrected chi connectivity index (χ3v) is 6.19. The van der Waals surface area contributed by atoms with Crippen molar-refractivity contribution in [1.82, 2.24) is 4.31 Å². The van der Waals surface area contributed by atoms with Gasteiger partial charge in [0.1, 0.15) is 0 Å². The Labute approximate surface area is 165 Å². The standard InChI is InChI=1S/C20H24N2O5S/c1-4-22(5-2)28(25,26)18-13-11-16(12-14-18)20(24)27-15(3)19(23)21-17-9-7-6-8-10-17/h6-15H,4-5H2,1-3H3,(H,21,23)/t15-/m1/s1. The SMILES string of the molecule is CCN(CC)S(=O)(=O)c1ccc(C(=O)O[C@H](C)C(=O)Nc2ccccc2)cc1. The largest absolute Gasteiger partial charge is 0.449 e. The van der Waals surface area contributed by atoms with Gasteiger partial charge in [-0.25, -0.2) is 13.2 Å². The molecule has 0 aromatic heterocycles. The summed E-state index contributed by atoms with van der Waals surface area (Å²) in [5.41, 5.74) is 0.763. The molecule has 0 aliphatic heterocycles. The molecule has 0 saturated heterocycles. The first-order valence-corrected chi connectivity index (χ1v) is 10.4. The molecule has 0 fully saturated rings. The normalized spacial score (nSPS) is 12.4. The second-order valence-corrected chi connectivity index (χ2v) is 7.95. The van der Waals surface area contributed by atoms with Crippen molar-refractivity contribution in [2.24, 2.45) is 0 Å². The number of nitrogens with zero attached hydrogens (tertiary/aromatic N) is 1. The fourth-order valence-electron chi connectivity index (χ4n) is 2.52. The average Bonchev–Trinajstić information content (AvgIpc) is 2.69. The van der Waals surface area contributed by atoms with Crippen LogP contribution in [0.1, 0.15) is 31.1 Å². The van der Waals surface area contributed by atoms with Crippen LogP contribution in [-0.4, -0.2) is 43.8 Å². The number of anilines is 1. The van der Waals surface area contributed by atoms with E-state index in [-0.39, 0.29) is 10.5 Å². The quantitative estimate of drug-likeness (QED) is 0.683. The molecule has 8 heteroatoms. The number of benzene rings is 2. The van der Waals surface area contributed by atoms with Crippen LogP contribution in [0.3, 0.4) is 0 Å². The number of nitrogens with one attached hydrogen (secondary N) is 1. The van der Waals surface area contributed by atoms with E-state index in [2.05, 4.69) is 5.32 Å². The summed E-state index contributed by atoms with van der Waals surface area (Å²) in [7, 11) is -3.60. The molecule has 2 aromatic rings. The highest BCUT2D eigenvalue weighted by Crippen LogP contribution is 2.17. The summed E-state index contributed by atoms with van der Waals surface area (Å²) in [6, 6.07) is 14.3. The van der Waals surface area contributed by atoms with Crippen LogP contribution in [-0.2, 0) is 19.6 Å². The molecule has 2 rings (SSSR count). The lowest BCUT2D eigenvalue weighted by molar-refractivity contribution is -0.123. The number of amides is 1. The molecule has 0 aliphatic carbocycles. The second kappa shape index (κ2) is 9.48. The summed E-state index contributed by atoms with van der Waals surface area (Å²) in [6.07, 6.45) is -1.01. The Kier molecular flexibility index (Phi) is 7.31. The van der Waals surface area contributed by atoms with Crippen molar-refractivity contribution in [1.29, 1.82) is 0 Å². The molecule has 28 heavy (non-hydrogen) atoms. The predicted molar refractivity (Wildman–Crippen MR) is 106 cm³/mol. The van der Waals surface area contributed by atoms with Gasteiger partial charge in [-0.1, -0.05) is 32.0 Å². The molecule has 0 spiro atoms. The van der Waals surface area contributed by atoms with Crippen LogP contribution in [0.4, 0.5) is 5.69 Å². The molecule has 0 bridgehead atoms. The Morgan fingerprint density at radius 2 is 1.57 bits per heavy atom. The molecule has 1 N–H and O–H groups in total. The van der Waals surface area contributed by atoms with Crippen molar-refractivity contribution >= 4 is 27.6 Å². The molecule has 0 aliphatic rings. The number of ether oxygens (including phenoxy) is 1. The van der Waals surface area contributed by atoms with Gasteiger partial charge in [0, 0.05) is 18.8 Å². The zero-order valence-corrected chi connectivity index (χ0v) is 16.9. The Balaban J connectivity index is 2.03. The zero-order chi connectivity index (χ0) is 20.7. The van der Waals surface area contributed by atoms with Gasteiger partial charge in [0.2, 0.25) is 10.0 Å². The Hall–Kier alpha value is -2.71. The monoisotopic (exact) mass is 404 g/mol. The van der Waals surface area contributed by atoms with Crippen LogP contribution in [0.5, 0.6) is 0 Å². The highest BCUT2D eigenvalue weighted by Gasteiger charge is 2.23. The molecule has 150 valence electrons. The van der Waals surface area contributed by atoms with Crippen molar-refractivity contribution in [2.45, 2.75) is 31.8 Å². The Bertz CT molecular complexity index is 907. The first kappa shape index (κ1) is 21.6. The van der Waals surface area contributed by atoms with E-state index >= 15 is 0 Å². The van der Waals surface area contributed by atoms with Gasteiger partial charge in [-0.3, -0.25) is 4.79 Å². The van der Waals surface area contributed by atoms with Gasteiger partial charge in [-0.2, -0.15) is 4.31 Å². The maximum atomic E-state index is 12.5. The summed E-state index contributed by atoms with van der Waals surface area (Å²) in [4.78, 5) is 24.5. The maximum Gasteiger partial charge on any atom is 0.338 e. The molecule has 0 unspecified atom stereocenters. The van der Waals surface area contributed by atoms with Gasteiger partial charge >= 0.3 is 5.97 Å². The second-order valence-electron chi connectivity index (χ2n) is 6.02. The molecule has 0 radical (unpaired) electrons. The molecule has 7 nitrogen and oxygen atoms in total. The lowest BCUT2D eigenvalue weighted by Crippen LogP contribution is -2.31. The molecule has 1 atom stereocenters. The van der Waals surface area contributed by atoms with E-state index in [4.69, 9.17) is 4.74 Å². The van der Waals surface area contributed by atoms with E-state index in [1.807, 2.05) is 6.07 Å². The van der Waals surface area contributed by atoms with Crippen molar-refractivity contribution in [3.05, 3.63) is 60.2 Å². The summed E-state index contributed by atoms with van der Waals surface area (Å²) >= 11 is 0. The topological polar surface area (TPSA) is 92.8 Å². The van der Waals surface area contributed by atoms with Crippen molar-refractivity contribution in [2.75, 3.05) is 18.4 Å². The summed E-state index contributed by atoms with van der Waals surface area (Å²) in [5.74, 6) is -1.16. The lowest BCUT2D eigenvalue weighted by Gasteiger charge is -2.18. The summed E-state index contributed by atoms with van der Waals surface area (Å²) in [6.45, 7) is 5.70. The Morgan fingerprint density at radius 1 is 1.00 bits per heavy atom. The van der Waals surface area contributed by atoms with E-state index in [0.717, 1.165) is 0 Å². The van der Waals surface area contributed by atoms with Gasteiger partial charge in [0.25, 0.3) is 5.91 Å². The van der Waals surface area contributed by atoms with E-state index in [1.54, 1.807) is 38.1 Å². The van der Waals surface area contributed by atoms with Crippen LogP contribution >= 0.6 is 0 Å². The Morgan fingerprint density at radius 3 is 2.11 bits per heavy atom. The number of carbonyl (C=O) groups is 2. The number of para-hydroxylation sites is 1.